The van der Waals surface area contributed by atoms with Gasteiger partial charge in [0, 0.05) is 11.4 Å². The fraction of sp³-hybridized carbons (Fsp3) is 0.263. The number of nitrogens with one attached hydrogen (secondary N) is 1. The van der Waals surface area contributed by atoms with E-state index in [4.69, 9.17) is 21.1 Å². The van der Waals surface area contributed by atoms with E-state index in [0.29, 0.717) is 33.8 Å². The molecule has 0 heterocycles. The molecule has 0 bridgehead atoms. The number of phenolic OH excluding ortho intramolecular Hbond substituents is 1. The number of methoxy groups -OCH3 is 1. The highest BCUT2D eigenvalue weighted by molar-refractivity contribution is 9.10. The molecule has 0 unspecified atom stereocenters. The maximum atomic E-state index is 11.8. The smallest absolute Gasteiger partial charge is 0.240 e. The lowest BCUT2D eigenvalue weighted by Crippen LogP contribution is -2.18. The Hall–Kier alpha value is -2.25. The van der Waals surface area contributed by atoms with Gasteiger partial charge in [-0.1, -0.05) is 11.6 Å². The van der Waals surface area contributed by atoms with Gasteiger partial charge < -0.3 is 14.6 Å². The molecular formula is C19H20BrClN2O4. The zero-order valence-corrected chi connectivity index (χ0v) is 17.3. The van der Waals surface area contributed by atoms with Crippen LogP contribution in [0, 0.1) is 6.92 Å². The molecule has 27 heavy (non-hydrogen) atoms. The molecule has 8 heteroatoms. The van der Waals surface area contributed by atoms with E-state index < -0.39 is 0 Å². The molecule has 144 valence electrons. The van der Waals surface area contributed by atoms with Gasteiger partial charge in [-0.25, -0.2) is 5.43 Å². The molecule has 1 amide bonds. The van der Waals surface area contributed by atoms with Crippen LogP contribution in [-0.2, 0) is 4.79 Å². The van der Waals surface area contributed by atoms with Gasteiger partial charge in [0.25, 0.3) is 0 Å². The predicted octanol–water partition coefficient (Wildman–Crippen LogP) is 4.43. The van der Waals surface area contributed by atoms with Crippen molar-refractivity contribution in [1.29, 1.82) is 0 Å². The van der Waals surface area contributed by atoms with Crippen molar-refractivity contribution in [2.75, 3.05) is 13.7 Å². The van der Waals surface area contributed by atoms with E-state index in [9.17, 15) is 9.90 Å². The van der Waals surface area contributed by atoms with Crippen molar-refractivity contribution in [3.05, 3.63) is 51.0 Å². The molecule has 0 saturated heterocycles. The molecule has 0 saturated carbocycles. The number of hydrogen-bond acceptors (Lipinski definition) is 5. The molecule has 2 N–H and O–H groups in total. The minimum atomic E-state index is -0.215. The molecule has 0 aliphatic heterocycles. The zero-order valence-electron chi connectivity index (χ0n) is 15.0. The molecule has 0 radical (unpaired) electrons. The van der Waals surface area contributed by atoms with Gasteiger partial charge >= 0.3 is 0 Å². The van der Waals surface area contributed by atoms with Gasteiger partial charge in [-0.15, -0.1) is 0 Å². The second-order valence-electron chi connectivity index (χ2n) is 5.71. The first-order chi connectivity index (χ1) is 12.9. The van der Waals surface area contributed by atoms with Crippen molar-refractivity contribution in [3.8, 4) is 17.2 Å². The Morgan fingerprint density at radius 2 is 2.11 bits per heavy atom. The van der Waals surface area contributed by atoms with Crippen LogP contribution in [0.25, 0.3) is 0 Å². The number of benzene rings is 2. The molecule has 2 aromatic carbocycles. The number of amides is 1. The van der Waals surface area contributed by atoms with Gasteiger partial charge in [0.05, 0.1) is 24.4 Å². The minimum Gasteiger partial charge on any atom is -0.503 e. The Morgan fingerprint density at radius 1 is 1.33 bits per heavy atom. The van der Waals surface area contributed by atoms with Crippen LogP contribution in [0.3, 0.4) is 0 Å². The van der Waals surface area contributed by atoms with E-state index in [1.807, 2.05) is 19.1 Å². The molecule has 0 fully saturated rings. The van der Waals surface area contributed by atoms with Crippen LogP contribution in [0.4, 0.5) is 0 Å². The number of nitrogens with zero attached hydrogens (tertiary/aromatic N) is 1. The summed E-state index contributed by atoms with van der Waals surface area (Å²) in [5.41, 5.74) is 4.08. The highest BCUT2D eigenvalue weighted by atomic mass is 79.9. The lowest BCUT2D eigenvalue weighted by Gasteiger charge is -2.09. The molecule has 0 aromatic heterocycles. The van der Waals surface area contributed by atoms with Crippen molar-refractivity contribution >= 4 is 39.7 Å². The lowest BCUT2D eigenvalue weighted by molar-refractivity contribution is -0.121. The summed E-state index contributed by atoms with van der Waals surface area (Å²) in [6, 6.07) is 8.68. The minimum absolute atomic E-state index is 0.00890. The number of hydrogen-bond donors (Lipinski definition) is 2. The maximum absolute atomic E-state index is 11.8. The average molecular weight is 456 g/mol. The molecule has 0 aliphatic rings. The number of phenols is 1. The van der Waals surface area contributed by atoms with Crippen molar-refractivity contribution in [2.45, 2.75) is 19.8 Å². The standard InChI is InChI=1S/C19H20BrClN2O4/c1-12-8-14(21)5-6-16(12)27-7-3-4-18(24)23-22-11-13-9-15(20)19(25)17(10-13)26-2/h5-6,8-11,25H,3-4,7H2,1-2H3,(H,23,24). The van der Waals surface area contributed by atoms with Gasteiger partial charge in [-0.3, -0.25) is 4.79 Å². The van der Waals surface area contributed by atoms with Crippen molar-refractivity contribution in [1.82, 2.24) is 5.43 Å². The second kappa shape index (κ2) is 10.2. The van der Waals surface area contributed by atoms with E-state index in [0.717, 1.165) is 11.3 Å². The molecule has 2 rings (SSSR count). The van der Waals surface area contributed by atoms with Crippen LogP contribution in [0.5, 0.6) is 17.2 Å². The first kappa shape index (κ1) is 21.1. The number of aromatic hydroxyl groups is 1. The fourth-order valence-electron chi connectivity index (χ4n) is 2.25. The highest BCUT2D eigenvalue weighted by Gasteiger charge is 2.07. The average Bonchev–Trinajstić information content (AvgIpc) is 2.63. The number of carbonyl (C=O) groups excluding carboxylic acids is 1. The van der Waals surface area contributed by atoms with Crippen LogP contribution in [0.15, 0.2) is 39.9 Å². The number of aryl methyl sites for hydroxylation is 1. The summed E-state index contributed by atoms with van der Waals surface area (Å²) in [7, 11) is 1.46. The van der Waals surface area contributed by atoms with Crippen LogP contribution in [0.1, 0.15) is 24.0 Å². The number of halogens is 2. The van der Waals surface area contributed by atoms with E-state index in [-0.39, 0.29) is 18.1 Å². The molecule has 6 nitrogen and oxygen atoms in total. The van der Waals surface area contributed by atoms with Crippen molar-refractivity contribution in [3.63, 3.8) is 0 Å². The first-order valence-electron chi connectivity index (χ1n) is 8.18. The third-order valence-electron chi connectivity index (χ3n) is 3.62. The Morgan fingerprint density at radius 3 is 2.81 bits per heavy atom. The Bertz CT molecular complexity index is 843. The largest absolute Gasteiger partial charge is 0.503 e. The van der Waals surface area contributed by atoms with Gasteiger partial charge in [-0.05, 0) is 70.7 Å². The highest BCUT2D eigenvalue weighted by Crippen LogP contribution is 2.34. The van der Waals surface area contributed by atoms with E-state index in [1.165, 1.54) is 13.3 Å². The third-order valence-corrected chi connectivity index (χ3v) is 4.46. The van der Waals surface area contributed by atoms with Crippen molar-refractivity contribution in [2.24, 2.45) is 5.10 Å². The Balaban J connectivity index is 1.76. The second-order valence-corrected chi connectivity index (χ2v) is 7.00. The fourth-order valence-corrected chi connectivity index (χ4v) is 2.93. The molecule has 0 atom stereocenters. The monoisotopic (exact) mass is 454 g/mol. The number of hydrazone groups is 1. The van der Waals surface area contributed by atoms with Crippen LogP contribution >= 0.6 is 27.5 Å². The molecule has 0 aliphatic carbocycles. The maximum Gasteiger partial charge on any atom is 0.240 e. The summed E-state index contributed by atoms with van der Waals surface area (Å²) in [6.45, 7) is 2.33. The number of rotatable bonds is 8. The lowest BCUT2D eigenvalue weighted by atomic mass is 10.2. The van der Waals surface area contributed by atoms with Gasteiger partial charge in [-0.2, -0.15) is 5.10 Å². The first-order valence-corrected chi connectivity index (χ1v) is 9.35. The normalized spacial score (nSPS) is 10.8. The molecule has 2 aromatic rings. The summed E-state index contributed by atoms with van der Waals surface area (Å²) < 4.78 is 11.2. The molecular weight excluding hydrogens is 436 g/mol. The van der Waals surface area contributed by atoms with Gasteiger partial charge in [0.2, 0.25) is 5.91 Å². The van der Waals surface area contributed by atoms with Gasteiger partial charge in [0.15, 0.2) is 11.5 Å². The SMILES string of the molecule is COc1cc(C=NNC(=O)CCCOc2ccc(Cl)cc2C)cc(Br)c1O. The summed E-state index contributed by atoms with van der Waals surface area (Å²) in [5, 5.41) is 14.3. The van der Waals surface area contributed by atoms with E-state index in [2.05, 4.69) is 26.5 Å². The van der Waals surface area contributed by atoms with Crippen LogP contribution in [-0.4, -0.2) is 30.9 Å². The van der Waals surface area contributed by atoms with Crippen LogP contribution in [0.2, 0.25) is 5.02 Å². The third kappa shape index (κ3) is 6.45. The Kier molecular flexibility index (Phi) is 7.94. The number of ether oxygens (including phenoxy) is 2. The summed E-state index contributed by atoms with van der Waals surface area (Å²) in [5.74, 6) is 0.860. The summed E-state index contributed by atoms with van der Waals surface area (Å²) in [6.07, 6.45) is 2.31. The van der Waals surface area contributed by atoms with E-state index >= 15 is 0 Å². The number of carbonyl (C=O) groups is 1. The predicted molar refractivity (Wildman–Crippen MR) is 109 cm³/mol. The van der Waals surface area contributed by atoms with Crippen molar-refractivity contribution < 1.29 is 19.4 Å². The topological polar surface area (TPSA) is 80.2 Å². The zero-order chi connectivity index (χ0) is 19.8. The quantitative estimate of drug-likeness (QED) is 0.350. The van der Waals surface area contributed by atoms with E-state index in [1.54, 1.807) is 18.2 Å². The van der Waals surface area contributed by atoms with Crippen LogP contribution < -0.4 is 14.9 Å². The molecule has 0 spiro atoms. The summed E-state index contributed by atoms with van der Waals surface area (Å²) >= 11 is 9.13. The Labute approximate surface area is 171 Å². The summed E-state index contributed by atoms with van der Waals surface area (Å²) in [4.78, 5) is 11.8. The van der Waals surface area contributed by atoms with Gasteiger partial charge in [0.1, 0.15) is 5.75 Å².